The Morgan fingerprint density at radius 2 is 1.72 bits per heavy atom. The van der Waals surface area contributed by atoms with Crippen molar-refractivity contribution in [3.8, 4) is 17.2 Å². The zero-order chi connectivity index (χ0) is 18.4. The molecule has 0 radical (unpaired) electrons. The highest BCUT2D eigenvalue weighted by atomic mass is 79.9. The summed E-state index contributed by atoms with van der Waals surface area (Å²) in [6.07, 6.45) is 0.821. The number of nitrogens with one attached hydrogen (secondary N) is 1. The lowest BCUT2D eigenvalue weighted by molar-refractivity contribution is -0.116. The average Bonchev–Trinajstić information content (AvgIpc) is 2.61. The Labute approximate surface area is 160 Å². The number of rotatable bonds is 7. The van der Waals surface area contributed by atoms with Gasteiger partial charge in [0, 0.05) is 10.9 Å². The fraction of sp³-hybridized carbons (Fsp3) is 0.278. The van der Waals surface area contributed by atoms with E-state index in [0.717, 1.165) is 10.0 Å². The third-order valence-electron chi connectivity index (χ3n) is 3.57. The first-order valence-corrected chi connectivity index (χ1v) is 8.69. The van der Waals surface area contributed by atoms with Gasteiger partial charge in [0.05, 0.1) is 32.0 Å². The second kappa shape index (κ2) is 8.97. The van der Waals surface area contributed by atoms with Crippen molar-refractivity contribution in [1.29, 1.82) is 0 Å². The summed E-state index contributed by atoms with van der Waals surface area (Å²) in [5, 5.41) is 3.29. The number of carbonyl (C=O) groups is 1. The van der Waals surface area contributed by atoms with Crippen LogP contribution in [0.4, 0.5) is 5.69 Å². The number of ether oxygens (including phenoxy) is 3. The van der Waals surface area contributed by atoms with Crippen molar-refractivity contribution in [2.75, 3.05) is 26.6 Å². The number of halogens is 2. The Kier molecular flexibility index (Phi) is 6.96. The van der Waals surface area contributed by atoms with Crippen molar-refractivity contribution >= 4 is 39.1 Å². The Morgan fingerprint density at radius 3 is 2.24 bits per heavy atom. The van der Waals surface area contributed by atoms with Crippen molar-refractivity contribution in [2.24, 2.45) is 0 Å². The van der Waals surface area contributed by atoms with Gasteiger partial charge in [0.15, 0.2) is 11.5 Å². The van der Waals surface area contributed by atoms with Crippen LogP contribution < -0.4 is 19.5 Å². The molecule has 7 heteroatoms. The predicted molar refractivity (Wildman–Crippen MR) is 102 cm³/mol. The van der Waals surface area contributed by atoms with Crippen molar-refractivity contribution in [3.05, 3.63) is 45.4 Å². The van der Waals surface area contributed by atoms with Crippen LogP contribution >= 0.6 is 27.5 Å². The van der Waals surface area contributed by atoms with Crippen LogP contribution in [-0.2, 0) is 11.2 Å². The first kappa shape index (κ1) is 19.4. The molecular formula is C18H19BrClNO4. The molecule has 0 spiro atoms. The van der Waals surface area contributed by atoms with E-state index in [1.807, 2.05) is 18.2 Å². The highest BCUT2D eigenvalue weighted by Crippen LogP contribution is 2.38. The van der Waals surface area contributed by atoms with Crippen molar-refractivity contribution in [2.45, 2.75) is 12.8 Å². The van der Waals surface area contributed by atoms with E-state index in [-0.39, 0.29) is 5.91 Å². The molecule has 0 fully saturated rings. The second-order valence-corrected chi connectivity index (χ2v) is 6.53. The summed E-state index contributed by atoms with van der Waals surface area (Å²) in [5.74, 6) is 1.53. The molecule has 0 aliphatic rings. The number of amides is 1. The molecule has 2 rings (SSSR count). The minimum atomic E-state index is -0.127. The molecule has 5 nitrogen and oxygen atoms in total. The maximum atomic E-state index is 12.2. The number of aryl methyl sites for hydroxylation is 1. The molecule has 0 heterocycles. The standard InChI is InChI=1S/C18H19BrClNO4/c1-23-15-8-11(9-16(24-2)18(15)25-3)4-7-17(22)21-14-6-5-12(19)10-13(14)20/h5-6,8-10H,4,7H2,1-3H3,(H,21,22). The van der Waals surface area contributed by atoms with Crippen LogP contribution in [0, 0.1) is 0 Å². The molecule has 134 valence electrons. The van der Waals surface area contributed by atoms with Gasteiger partial charge in [-0.3, -0.25) is 4.79 Å². The molecule has 25 heavy (non-hydrogen) atoms. The van der Waals surface area contributed by atoms with Gasteiger partial charge in [-0.2, -0.15) is 0 Å². The molecule has 1 N–H and O–H groups in total. The maximum Gasteiger partial charge on any atom is 0.224 e. The maximum absolute atomic E-state index is 12.2. The first-order valence-electron chi connectivity index (χ1n) is 7.52. The lowest BCUT2D eigenvalue weighted by atomic mass is 10.1. The number of anilines is 1. The molecule has 0 aromatic heterocycles. The van der Waals surface area contributed by atoms with Gasteiger partial charge in [-0.15, -0.1) is 0 Å². The summed E-state index contributed by atoms with van der Waals surface area (Å²) in [6, 6.07) is 8.98. The van der Waals surface area contributed by atoms with Crippen LogP contribution in [0.5, 0.6) is 17.2 Å². The smallest absolute Gasteiger partial charge is 0.224 e. The van der Waals surface area contributed by atoms with Gasteiger partial charge in [-0.25, -0.2) is 0 Å². The summed E-state index contributed by atoms with van der Waals surface area (Å²) in [6.45, 7) is 0. The minimum Gasteiger partial charge on any atom is -0.493 e. The molecule has 1 amide bonds. The largest absolute Gasteiger partial charge is 0.493 e. The summed E-state index contributed by atoms with van der Waals surface area (Å²) in [5.41, 5.74) is 1.49. The molecule has 0 aliphatic heterocycles. The van der Waals surface area contributed by atoms with Gasteiger partial charge in [-0.1, -0.05) is 27.5 Å². The Hall–Kier alpha value is -1.92. The summed E-state index contributed by atoms with van der Waals surface area (Å²) in [4.78, 5) is 12.2. The van der Waals surface area contributed by atoms with Crippen molar-refractivity contribution in [3.63, 3.8) is 0 Å². The van der Waals surface area contributed by atoms with Gasteiger partial charge < -0.3 is 19.5 Å². The molecule has 0 saturated heterocycles. The number of benzene rings is 2. The molecule has 0 bridgehead atoms. The summed E-state index contributed by atoms with van der Waals surface area (Å²) in [7, 11) is 4.67. The highest BCUT2D eigenvalue weighted by Gasteiger charge is 2.14. The van der Waals surface area contributed by atoms with E-state index in [0.29, 0.717) is 40.8 Å². The van der Waals surface area contributed by atoms with Crippen molar-refractivity contribution < 1.29 is 19.0 Å². The number of carbonyl (C=O) groups excluding carboxylic acids is 1. The number of hydrogen-bond acceptors (Lipinski definition) is 4. The van der Waals surface area contributed by atoms with Crippen molar-refractivity contribution in [1.82, 2.24) is 0 Å². The molecule has 2 aromatic rings. The average molecular weight is 429 g/mol. The Morgan fingerprint density at radius 1 is 1.08 bits per heavy atom. The molecule has 0 atom stereocenters. The molecular weight excluding hydrogens is 410 g/mol. The quantitative estimate of drug-likeness (QED) is 0.694. The van der Waals surface area contributed by atoms with E-state index >= 15 is 0 Å². The van der Waals surface area contributed by atoms with E-state index in [9.17, 15) is 4.79 Å². The monoisotopic (exact) mass is 427 g/mol. The van der Waals surface area contributed by atoms with Gasteiger partial charge in [0.25, 0.3) is 0 Å². The van der Waals surface area contributed by atoms with E-state index < -0.39 is 0 Å². The first-order chi connectivity index (χ1) is 12.0. The topological polar surface area (TPSA) is 56.8 Å². The molecule has 0 unspecified atom stereocenters. The lowest BCUT2D eigenvalue weighted by Gasteiger charge is -2.14. The molecule has 2 aromatic carbocycles. The fourth-order valence-corrected chi connectivity index (χ4v) is 3.06. The summed E-state index contributed by atoms with van der Waals surface area (Å²) < 4.78 is 16.8. The van der Waals surface area contributed by atoms with Gasteiger partial charge in [0.2, 0.25) is 11.7 Å². The minimum absolute atomic E-state index is 0.127. The third kappa shape index (κ3) is 5.03. The molecule has 0 aliphatic carbocycles. The third-order valence-corrected chi connectivity index (χ3v) is 4.38. The van der Waals surface area contributed by atoms with Crippen LogP contribution in [-0.4, -0.2) is 27.2 Å². The van der Waals surface area contributed by atoms with E-state index in [4.69, 9.17) is 25.8 Å². The van der Waals surface area contributed by atoms with Gasteiger partial charge in [0.1, 0.15) is 0 Å². The lowest BCUT2D eigenvalue weighted by Crippen LogP contribution is -2.12. The fourth-order valence-electron chi connectivity index (χ4n) is 2.34. The van der Waals surface area contributed by atoms with Gasteiger partial charge in [-0.05, 0) is 42.3 Å². The zero-order valence-electron chi connectivity index (χ0n) is 14.2. The van der Waals surface area contributed by atoms with E-state index in [1.54, 1.807) is 33.5 Å². The number of methoxy groups -OCH3 is 3. The molecule has 0 saturated carbocycles. The predicted octanol–water partition coefficient (Wildman–Crippen LogP) is 4.70. The Bertz CT molecular complexity index is 742. The van der Waals surface area contributed by atoms with Crippen LogP contribution in [0.2, 0.25) is 5.02 Å². The zero-order valence-corrected chi connectivity index (χ0v) is 16.5. The van der Waals surface area contributed by atoms with Crippen LogP contribution in [0.15, 0.2) is 34.8 Å². The Balaban J connectivity index is 2.06. The SMILES string of the molecule is COc1cc(CCC(=O)Nc2ccc(Br)cc2Cl)cc(OC)c1OC. The summed E-state index contributed by atoms with van der Waals surface area (Å²) >= 11 is 9.44. The van der Waals surface area contributed by atoms with Crippen LogP contribution in [0.3, 0.4) is 0 Å². The van der Waals surface area contributed by atoms with Gasteiger partial charge >= 0.3 is 0 Å². The van der Waals surface area contributed by atoms with Crippen LogP contribution in [0.25, 0.3) is 0 Å². The van der Waals surface area contributed by atoms with E-state index in [2.05, 4.69) is 21.2 Å². The van der Waals surface area contributed by atoms with Crippen LogP contribution in [0.1, 0.15) is 12.0 Å². The highest BCUT2D eigenvalue weighted by molar-refractivity contribution is 9.10. The normalized spacial score (nSPS) is 10.3. The number of hydrogen-bond donors (Lipinski definition) is 1. The van der Waals surface area contributed by atoms with E-state index in [1.165, 1.54) is 0 Å². The second-order valence-electron chi connectivity index (χ2n) is 5.21.